The van der Waals surface area contributed by atoms with Crippen LogP contribution in [0.1, 0.15) is 24.0 Å². The number of amides is 1. The number of rotatable bonds is 8. The Morgan fingerprint density at radius 2 is 1.65 bits per heavy atom. The van der Waals surface area contributed by atoms with Crippen molar-refractivity contribution in [2.75, 3.05) is 25.0 Å². The first-order valence-electron chi connectivity index (χ1n) is 11.4. The maximum atomic E-state index is 13.4. The molecule has 3 aromatic rings. The molecule has 0 aliphatic carbocycles. The van der Waals surface area contributed by atoms with Gasteiger partial charge in [0.15, 0.2) is 0 Å². The number of nitrogens with one attached hydrogen (secondary N) is 2. The summed E-state index contributed by atoms with van der Waals surface area (Å²) in [5.74, 6) is -1.27. The monoisotopic (exact) mass is 460 g/mol. The molecule has 1 fully saturated rings. The highest BCUT2D eigenvalue weighted by Crippen LogP contribution is 2.32. The maximum absolute atomic E-state index is 13.4. The minimum Gasteiger partial charge on any atom is -0.462 e. The van der Waals surface area contributed by atoms with Crippen LogP contribution in [0.5, 0.6) is 0 Å². The molecular formula is C26H28N4O4. The second-order valence-corrected chi connectivity index (χ2v) is 8.32. The number of carbonyl (C=O) groups excluding carboxylic acids is 2. The van der Waals surface area contributed by atoms with Crippen molar-refractivity contribution in [2.45, 2.75) is 18.4 Å². The molecule has 1 aliphatic rings. The summed E-state index contributed by atoms with van der Waals surface area (Å²) in [5.41, 5.74) is -1.20. The van der Waals surface area contributed by atoms with Crippen LogP contribution in [-0.4, -0.2) is 46.6 Å². The summed E-state index contributed by atoms with van der Waals surface area (Å²) < 4.78 is 5.69. The fraction of sp³-hybridized carbons (Fsp3) is 0.308. The molecule has 176 valence electrons. The molecule has 1 aromatic heterocycles. The zero-order chi connectivity index (χ0) is 23.8. The van der Waals surface area contributed by atoms with Crippen LogP contribution in [0.4, 0.5) is 5.82 Å². The number of ether oxygens (including phenoxy) is 1. The van der Waals surface area contributed by atoms with Crippen LogP contribution in [0.3, 0.4) is 0 Å². The molecule has 1 saturated heterocycles. The Labute approximate surface area is 198 Å². The highest BCUT2D eigenvalue weighted by atomic mass is 16.5. The Bertz CT molecular complexity index is 1030. The zero-order valence-corrected chi connectivity index (χ0v) is 18.8. The second-order valence-electron chi connectivity index (χ2n) is 8.32. The van der Waals surface area contributed by atoms with E-state index in [0.717, 1.165) is 25.9 Å². The van der Waals surface area contributed by atoms with Gasteiger partial charge in [-0.1, -0.05) is 60.7 Å². The van der Waals surface area contributed by atoms with E-state index in [0.29, 0.717) is 16.9 Å². The van der Waals surface area contributed by atoms with Gasteiger partial charge in [-0.2, -0.15) is 0 Å². The first kappa shape index (κ1) is 23.5. The standard InChI is InChI=1S/C26H28N4O4/c31-24(30-23-13-16-28-18-29-23)22(19-11-14-27-15-12-19)17-34-25(32)26(33,20-7-3-1-4-8-20)21-9-5-2-6-10-21/h1-10,13,16,18-19,22,27,33H,11-12,14-15,17H2,(H,28,29,30,31). The van der Waals surface area contributed by atoms with Crippen LogP contribution in [0.25, 0.3) is 0 Å². The van der Waals surface area contributed by atoms with E-state index < -0.39 is 17.5 Å². The van der Waals surface area contributed by atoms with Crippen LogP contribution in [0, 0.1) is 11.8 Å². The molecule has 8 nitrogen and oxygen atoms in total. The first-order chi connectivity index (χ1) is 16.6. The molecule has 4 rings (SSSR count). The minimum atomic E-state index is -2.00. The van der Waals surface area contributed by atoms with Crippen molar-refractivity contribution in [1.82, 2.24) is 15.3 Å². The van der Waals surface area contributed by atoms with E-state index in [1.54, 1.807) is 60.8 Å². The minimum absolute atomic E-state index is 0.0254. The number of aromatic nitrogens is 2. The predicted octanol–water partition coefficient (Wildman–Crippen LogP) is 2.51. The number of anilines is 1. The van der Waals surface area contributed by atoms with Crippen molar-refractivity contribution in [2.24, 2.45) is 11.8 Å². The molecular weight excluding hydrogens is 432 g/mol. The summed E-state index contributed by atoms with van der Waals surface area (Å²) in [6, 6.07) is 19.0. The van der Waals surface area contributed by atoms with Gasteiger partial charge in [0.1, 0.15) is 18.8 Å². The highest BCUT2D eigenvalue weighted by Gasteiger charge is 2.42. The van der Waals surface area contributed by atoms with Crippen molar-refractivity contribution in [1.29, 1.82) is 0 Å². The summed E-state index contributed by atoms with van der Waals surface area (Å²) in [6.45, 7) is 1.42. The number of piperidine rings is 1. The molecule has 8 heteroatoms. The molecule has 2 heterocycles. The molecule has 0 saturated carbocycles. The number of aliphatic hydroxyl groups is 1. The summed E-state index contributed by atoms with van der Waals surface area (Å²) >= 11 is 0. The van der Waals surface area contributed by atoms with Gasteiger partial charge in [-0.15, -0.1) is 0 Å². The third kappa shape index (κ3) is 5.30. The van der Waals surface area contributed by atoms with E-state index in [4.69, 9.17) is 4.74 Å². The van der Waals surface area contributed by atoms with E-state index in [2.05, 4.69) is 20.6 Å². The van der Waals surface area contributed by atoms with Gasteiger partial charge < -0.3 is 20.5 Å². The number of carbonyl (C=O) groups is 2. The van der Waals surface area contributed by atoms with Crippen molar-refractivity contribution < 1.29 is 19.4 Å². The average Bonchev–Trinajstić information content (AvgIpc) is 2.90. The van der Waals surface area contributed by atoms with Gasteiger partial charge in [0.2, 0.25) is 11.5 Å². The second kappa shape index (κ2) is 11.0. The summed E-state index contributed by atoms with van der Waals surface area (Å²) in [7, 11) is 0. The van der Waals surface area contributed by atoms with Crippen LogP contribution >= 0.6 is 0 Å². The summed E-state index contributed by atoms with van der Waals surface area (Å²) in [5, 5.41) is 17.7. The van der Waals surface area contributed by atoms with E-state index in [1.165, 1.54) is 6.33 Å². The van der Waals surface area contributed by atoms with Gasteiger partial charge in [0.25, 0.3) is 0 Å². The largest absolute Gasteiger partial charge is 0.462 e. The molecule has 1 aliphatic heterocycles. The predicted molar refractivity (Wildman–Crippen MR) is 127 cm³/mol. The topological polar surface area (TPSA) is 113 Å². The van der Waals surface area contributed by atoms with E-state index in [-0.39, 0.29) is 18.4 Å². The number of esters is 1. The lowest BCUT2D eigenvalue weighted by Crippen LogP contribution is -2.43. The molecule has 0 spiro atoms. The Morgan fingerprint density at radius 3 is 2.21 bits per heavy atom. The lowest BCUT2D eigenvalue weighted by atomic mass is 9.84. The molecule has 1 atom stereocenters. The molecule has 3 N–H and O–H groups in total. The third-order valence-corrected chi connectivity index (χ3v) is 6.20. The van der Waals surface area contributed by atoms with Gasteiger partial charge in [0.05, 0.1) is 5.92 Å². The maximum Gasteiger partial charge on any atom is 0.347 e. The Morgan fingerprint density at radius 1 is 1.03 bits per heavy atom. The first-order valence-corrected chi connectivity index (χ1v) is 11.4. The lowest BCUT2D eigenvalue weighted by Gasteiger charge is -2.31. The number of benzene rings is 2. The number of nitrogens with zero attached hydrogens (tertiary/aromatic N) is 2. The SMILES string of the molecule is O=C(Nc1ccncn1)C(COC(=O)C(O)(c1ccccc1)c1ccccc1)C1CCNCC1. The van der Waals surface area contributed by atoms with Crippen molar-refractivity contribution in [3.05, 3.63) is 90.4 Å². The fourth-order valence-electron chi connectivity index (χ4n) is 4.29. The Hall–Kier alpha value is -3.62. The average molecular weight is 461 g/mol. The van der Waals surface area contributed by atoms with Gasteiger partial charge >= 0.3 is 5.97 Å². The zero-order valence-electron chi connectivity index (χ0n) is 18.8. The lowest BCUT2D eigenvalue weighted by molar-refractivity contribution is -0.164. The molecule has 1 unspecified atom stereocenters. The van der Waals surface area contributed by atoms with Crippen LogP contribution in [0.2, 0.25) is 0 Å². The van der Waals surface area contributed by atoms with Crippen molar-refractivity contribution in [3.63, 3.8) is 0 Å². The highest BCUT2D eigenvalue weighted by molar-refractivity contribution is 5.92. The van der Waals surface area contributed by atoms with E-state index in [1.807, 2.05) is 12.1 Å². The van der Waals surface area contributed by atoms with Gasteiger partial charge in [0, 0.05) is 6.20 Å². The fourth-order valence-corrected chi connectivity index (χ4v) is 4.29. The smallest absolute Gasteiger partial charge is 0.347 e. The Balaban J connectivity index is 1.56. The normalized spacial score (nSPS) is 15.3. The van der Waals surface area contributed by atoms with E-state index >= 15 is 0 Å². The molecule has 2 aromatic carbocycles. The van der Waals surface area contributed by atoms with Crippen molar-refractivity contribution >= 4 is 17.7 Å². The van der Waals surface area contributed by atoms with Crippen molar-refractivity contribution in [3.8, 4) is 0 Å². The van der Waals surface area contributed by atoms with Gasteiger partial charge in [-0.25, -0.2) is 14.8 Å². The third-order valence-electron chi connectivity index (χ3n) is 6.20. The quantitative estimate of drug-likeness (QED) is 0.443. The van der Waals surface area contributed by atoms with Crippen LogP contribution in [-0.2, 0) is 19.9 Å². The van der Waals surface area contributed by atoms with Crippen LogP contribution in [0.15, 0.2) is 79.3 Å². The van der Waals surface area contributed by atoms with E-state index in [9.17, 15) is 14.7 Å². The summed E-state index contributed by atoms with van der Waals surface area (Å²) in [6.07, 6.45) is 4.46. The molecule has 34 heavy (non-hydrogen) atoms. The number of hydrogen-bond donors (Lipinski definition) is 3. The molecule has 0 bridgehead atoms. The van der Waals surface area contributed by atoms with Gasteiger partial charge in [-0.3, -0.25) is 4.79 Å². The number of hydrogen-bond acceptors (Lipinski definition) is 7. The van der Waals surface area contributed by atoms with Gasteiger partial charge in [-0.05, 0) is 49.0 Å². The molecule has 1 amide bonds. The Kier molecular flexibility index (Phi) is 7.61. The molecule has 0 radical (unpaired) electrons. The summed E-state index contributed by atoms with van der Waals surface area (Å²) in [4.78, 5) is 34.5. The van der Waals surface area contributed by atoms with Crippen LogP contribution < -0.4 is 10.6 Å².